The van der Waals surface area contributed by atoms with Crippen LogP contribution in [0.15, 0.2) is 42.5 Å². The van der Waals surface area contributed by atoms with Gasteiger partial charge in [-0.15, -0.1) is 0 Å². The van der Waals surface area contributed by atoms with Gasteiger partial charge in [0.05, 0.1) is 16.2 Å². The van der Waals surface area contributed by atoms with E-state index in [9.17, 15) is 19.7 Å². The summed E-state index contributed by atoms with van der Waals surface area (Å²) in [6.45, 7) is 3.26. The molecule has 1 aliphatic heterocycles. The number of carbonyl (C=O) groups excluding carboxylic acids is 2. The number of carbonyl (C=O) groups is 2. The fourth-order valence-corrected chi connectivity index (χ4v) is 2.77. The quantitative estimate of drug-likeness (QED) is 0.526. The van der Waals surface area contributed by atoms with Crippen molar-refractivity contribution in [1.29, 1.82) is 0 Å². The zero-order valence-electron chi connectivity index (χ0n) is 13.7. The molecule has 2 aromatic rings. The maximum atomic E-state index is 12.7. The molecule has 25 heavy (non-hydrogen) atoms. The molecule has 0 bridgehead atoms. The molecule has 1 aliphatic rings. The molecule has 7 heteroatoms. The Balaban J connectivity index is 1.88. The number of benzene rings is 2. The Morgan fingerprint density at radius 2 is 2.00 bits per heavy atom. The Morgan fingerprint density at radius 1 is 1.28 bits per heavy atom. The average molecular weight is 340 g/mol. The first kappa shape index (κ1) is 16.6. The van der Waals surface area contributed by atoms with E-state index in [1.807, 2.05) is 0 Å². The van der Waals surface area contributed by atoms with Crippen LogP contribution < -0.4 is 5.32 Å². The summed E-state index contributed by atoms with van der Waals surface area (Å²) < 4.78 is 5.37. The number of amides is 1. The van der Waals surface area contributed by atoms with E-state index in [-0.39, 0.29) is 12.1 Å². The summed E-state index contributed by atoms with van der Waals surface area (Å²) in [5.41, 5.74) is 0.645. The van der Waals surface area contributed by atoms with Gasteiger partial charge in [0.1, 0.15) is 0 Å². The Kier molecular flexibility index (Phi) is 4.00. The number of nitro groups is 1. The SMILES string of the molecule is Cc1ccc([N+](=O)[O-])cc1NC(=O)C1(C)Cc2ccccc2C(=O)O1. The maximum absolute atomic E-state index is 12.7. The summed E-state index contributed by atoms with van der Waals surface area (Å²) >= 11 is 0. The zero-order valence-corrected chi connectivity index (χ0v) is 13.7. The Hall–Kier alpha value is -3.22. The number of non-ortho nitro benzene ring substituents is 1. The first-order valence-electron chi connectivity index (χ1n) is 7.68. The summed E-state index contributed by atoms with van der Waals surface area (Å²) in [4.78, 5) is 35.3. The number of ether oxygens (including phenoxy) is 1. The van der Waals surface area contributed by atoms with E-state index >= 15 is 0 Å². The van der Waals surface area contributed by atoms with Gasteiger partial charge >= 0.3 is 5.97 Å². The lowest BCUT2D eigenvalue weighted by molar-refractivity contribution is -0.384. The Labute approximate surface area is 143 Å². The highest BCUT2D eigenvalue weighted by molar-refractivity contribution is 6.02. The molecule has 0 spiro atoms. The number of anilines is 1. The van der Waals surface area contributed by atoms with Gasteiger partial charge < -0.3 is 10.1 Å². The van der Waals surface area contributed by atoms with Crippen molar-refractivity contribution in [3.8, 4) is 0 Å². The minimum absolute atomic E-state index is 0.128. The van der Waals surface area contributed by atoms with Crippen LogP contribution in [0.3, 0.4) is 0 Å². The lowest BCUT2D eigenvalue weighted by atomic mass is 9.89. The predicted molar refractivity (Wildman–Crippen MR) is 90.4 cm³/mol. The van der Waals surface area contributed by atoms with E-state index < -0.39 is 22.4 Å². The van der Waals surface area contributed by atoms with Gasteiger partial charge in [-0.1, -0.05) is 24.3 Å². The summed E-state index contributed by atoms with van der Waals surface area (Å²) in [5.74, 6) is -1.09. The third-order valence-corrected chi connectivity index (χ3v) is 4.24. The van der Waals surface area contributed by atoms with E-state index in [0.29, 0.717) is 16.8 Å². The van der Waals surface area contributed by atoms with Crippen LogP contribution in [0.5, 0.6) is 0 Å². The highest BCUT2D eigenvalue weighted by atomic mass is 16.6. The van der Waals surface area contributed by atoms with E-state index in [2.05, 4.69) is 5.32 Å². The highest BCUT2D eigenvalue weighted by Gasteiger charge is 2.42. The largest absolute Gasteiger partial charge is 0.445 e. The first-order valence-corrected chi connectivity index (χ1v) is 7.68. The molecule has 0 aliphatic carbocycles. The number of nitro benzene ring substituents is 1. The third kappa shape index (κ3) is 3.08. The van der Waals surface area contributed by atoms with Gasteiger partial charge in [-0.25, -0.2) is 4.79 Å². The second-order valence-corrected chi connectivity index (χ2v) is 6.16. The minimum atomic E-state index is -1.39. The lowest BCUT2D eigenvalue weighted by Crippen LogP contribution is -2.49. The standard InChI is InChI=1S/C18H16N2O5/c1-11-7-8-13(20(23)24)9-15(11)19-17(22)18(2)10-12-5-3-4-6-14(12)16(21)25-18/h3-9H,10H2,1-2H3,(H,19,22). The minimum Gasteiger partial charge on any atom is -0.445 e. The van der Waals surface area contributed by atoms with Crippen molar-refractivity contribution in [3.05, 3.63) is 69.3 Å². The fourth-order valence-electron chi connectivity index (χ4n) is 2.77. The van der Waals surface area contributed by atoms with Crippen LogP contribution in [0.2, 0.25) is 0 Å². The zero-order chi connectivity index (χ0) is 18.2. The summed E-state index contributed by atoms with van der Waals surface area (Å²) in [6.07, 6.45) is 0.231. The van der Waals surface area contributed by atoms with Crippen LogP contribution in [-0.4, -0.2) is 22.4 Å². The molecule has 0 radical (unpaired) electrons. The molecule has 1 N–H and O–H groups in total. The van der Waals surface area contributed by atoms with Crippen molar-refractivity contribution >= 4 is 23.3 Å². The molecular weight excluding hydrogens is 324 g/mol. The van der Waals surface area contributed by atoms with Gasteiger partial charge in [0, 0.05) is 18.6 Å². The van der Waals surface area contributed by atoms with E-state index in [4.69, 9.17) is 4.74 Å². The Morgan fingerprint density at radius 3 is 2.72 bits per heavy atom. The van der Waals surface area contributed by atoms with E-state index in [0.717, 1.165) is 5.56 Å². The second kappa shape index (κ2) is 6.01. The van der Waals surface area contributed by atoms with E-state index in [1.54, 1.807) is 37.3 Å². The van der Waals surface area contributed by atoms with Gasteiger partial charge in [-0.3, -0.25) is 14.9 Å². The number of hydrogen-bond donors (Lipinski definition) is 1. The molecule has 0 saturated carbocycles. The highest BCUT2D eigenvalue weighted by Crippen LogP contribution is 2.30. The number of hydrogen-bond acceptors (Lipinski definition) is 5. The van der Waals surface area contributed by atoms with Crippen LogP contribution in [0.25, 0.3) is 0 Å². The third-order valence-electron chi connectivity index (χ3n) is 4.24. The maximum Gasteiger partial charge on any atom is 0.339 e. The van der Waals surface area contributed by atoms with Crippen molar-refractivity contribution in [1.82, 2.24) is 0 Å². The molecule has 128 valence electrons. The van der Waals surface area contributed by atoms with Gasteiger partial charge in [-0.05, 0) is 31.0 Å². The van der Waals surface area contributed by atoms with Crippen LogP contribution in [0, 0.1) is 17.0 Å². The predicted octanol–water partition coefficient (Wildman–Crippen LogP) is 3.01. The molecule has 1 heterocycles. The van der Waals surface area contributed by atoms with Crippen molar-refractivity contribution in [3.63, 3.8) is 0 Å². The summed E-state index contributed by atoms with van der Waals surface area (Å²) in [7, 11) is 0. The number of fused-ring (bicyclic) bond motifs is 1. The molecule has 3 rings (SSSR count). The van der Waals surface area contributed by atoms with Crippen LogP contribution in [0.1, 0.15) is 28.4 Å². The number of esters is 1. The monoisotopic (exact) mass is 340 g/mol. The summed E-state index contributed by atoms with van der Waals surface area (Å²) in [5, 5.41) is 13.6. The molecule has 0 fully saturated rings. The fraction of sp³-hybridized carbons (Fsp3) is 0.222. The van der Waals surface area contributed by atoms with Gasteiger partial charge in [0.15, 0.2) is 5.60 Å². The van der Waals surface area contributed by atoms with Crippen molar-refractivity contribution in [2.24, 2.45) is 0 Å². The summed E-state index contributed by atoms with van der Waals surface area (Å²) in [6, 6.07) is 11.2. The molecule has 2 aromatic carbocycles. The molecule has 0 saturated heterocycles. The molecule has 0 aromatic heterocycles. The number of cyclic esters (lactones) is 1. The number of aryl methyl sites for hydroxylation is 1. The topological polar surface area (TPSA) is 98.5 Å². The second-order valence-electron chi connectivity index (χ2n) is 6.16. The van der Waals surface area contributed by atoms with Crippen molar-refractivity contribution in [2.45, 2.75) is 25.9 Å². The van der Waals surface area contributed by atoms with Crippen molar-refractivity contribution < 1.29 is 19.2 Å². The number of nitrogens with one attached hydrogen (secondary N) is 1. The molecule has 7 nitrogen and oxygen atoms in total. The molecule has 1 atom stereocenters. The van der Waals surface area contributed by atoms with E-state index in [1.165, 1.54) is 19.1 Å². The smallest absolute Gasteiger partial charge is 0.339 e. The van der Waals surface area contributed by atoms with Crippen molar-refractivity contribution in [2.75, 3.05) is 5.32 Å². The average Bonchev–Trinajstić information content (AvgIpc) is 2.56. The van der Waals surface area contributed by atoms with Gasteiger partial charge in [0.25, 0.3) is 11.6 Å². The lowest BCUT2D eigenvalue weighted by Gasteiger charge is -2.33. The molecule has 1 unspecified atom stereocenters. The van der Waals surface area contributed by atoms with Crippen LogP contribution in [0.4, 0.5) is 11.4 Å². The van der Waals surface area contributed by atoms with Gasteiger partial charge in [0.2, 0.25) is 0 Å². The van der Waals surface area contributed by atoms with Crippen LogP contribution >= 0.6 is 0 Å². The van der Waals surface area contributed by atoms with Crippen LogP contribution in [-0.2, 0) is 16.0 Å². The molecule has 1 amide bonds. The normalized spacial score (nSPS) is 18.9. The van der Waals surface area contributed by atoms with Gasteiger partial charge in [-0.2, -0.15) is 0 Å². The number of rotatable bonds is 3. The number of nitrogens with zero attached hydrogens (tertiary/aromatic N) is 1. The Bertz CT molecular complexity index is 893. The molecular formula is C18H16N2O5. The first-order chi connectivity index (χ1) is 11.8.